The fraction of sp³-hybridized carbons (Fsp3) is 0.250. The van der Waals surface area contributed by atoms with Crippen molar-refractivity contribution >= 4 is 23.5 Å². The fourth-order valence-corrected chi connectivity index (χ4v) is 2.25. The first-order valence-corrected chi connectivity index (χ1v) is 6.38. The molecule has 0 saturated carbocycles. The van der Waals surface area contributed by atoms with Crippen LogP contribution < -0.4 is 4.74 Å². The van der Waals surface area contributed by atoms with Crippen LogP contribution in [0.4, 0.5) is 0 Å². The maximum atomic E-state index is 10.7. The smallest absolute Gasteiger partial charge is 0.329 e. The van der Waals surface area contributed by atoms with E-state index in [2.05, 4.69) is 15.9 Å². The van der Waals surface area contributed by atoms with E-state index in [-0.39, 0.29) is 6.16 Å². The molecule has 0 amide bonds. The summed E-state index contributed by atoms with van der Waals surface area (Å²) in [4.78, 5) is 17.6. The van der Waals surface area contributed by atoms with Crippen LogP contribution in [0.25, 0.3) is 0 Å². The molecule has 0 bridgehead atoms. The van der Waals surface area contributed by atoms with Gasteiger partial charge in [-0.25, -0.2) is 0 Å². The summed E-state index contributed by atoms with van der Waals surface area (Å²) in [6.45, 7) is 0. The molecule has 0 radical (unpaired) electrons. The van der Waals surface area contributed by atoms with Crippen LogP contribution in [-0.2, 0) is 10.7 Å². The number of methoxy groups -OCH3 is 1. The lowest BCUT2D eigenvalue weighted by Crippen LogP contribution is -1.89. The molecule has 4 nitrogen and oxygen atoms in total. The third-order valence-electron chi connectivity index (χ3n) is 1.56. The van der Waals surface area contributed by atoms with Crippen molar-refractivity contribution in [1.29, 1.82) is 0 Å². The molecule has 0 atom stereocenters. The summed E-state index contributed by atoms with van der Waals surface area (Å²) < 4.78 is 16.5. The van der Waals surface area contributed by atoms with Crippen molar-refractivity contribution in [3.8, 4) is 5.75 Å². The van der Waals surface area contributed by atoms with Gasteiger partial charge in [-0.3, -0.25) is 4.57 Å². The van der Waals surface area contributed by atoms with Crippen LogP contribution in [0.3, 0.4) is 0 Å². The largest absolute Gasteiger partial charge is 0.497 e. The average Bonchev–Trinajstić information content (AvgIpc) is 1.99. The van der Waals surface area contributed by atoms with Crippen molar-refractivity contribution in [2.45, 2.75) is 6.16 Å². The monoisotopic (exact) mass is 280 g/mol. The van der Waals surface area contributed by atoms with Gasteiger partial charge in [0.2, 0.25) is 0 Å². The third-order valence-corrected chi connectivity index (χ3v) is 2.79. The summed E-state index contributed by atoms with van der Waals surface area (Å²) in [7, 11) is -2.51. The molecule has 0 saturated heterocycles. The highest BCUT2D eigenvalue weighted by molar-refractivity contribution is 9.10. The molecule has 14 heavy (non-hydrogen) atoms. The van der Waals surface area contributed by atoms with Crippen LogP contribution in [-0.4, -0.2) is 16.9 Å². The van der Waals surface area contributed by atoms with Crippen molar-refractivity contribution in [3.63, 3.8) is 0 Å². The summed E-state index contributed by atoms with van der Waals surface area (Å²) >= 11 is 3.23. The molecule has 6 heteroatoms. The van der Waals surface area contributed by atoms with Gasteiger partial charge in [0.1, 0.15) is 5.75 Å². The summed E-state index contributed by atoms with van der Waals surface area (Å²) in [5.74, 6) is 0.572. The number of ether oxygens (including phenoxy) is 1. The van der Waals surface area contributed by atoms with E-state index in [1.165, 1.54) is 7.11 Å². The normalized spacial score (nSPS) is 11.4. The molecule has 1 aromatic carbocycles. The van der Waals surface area contributed by atoms with E-state index in [0.717, 1.165) is 4.47 Å². The lowest BCUT2D eigenvalue weighted by molar-refractivity contribution is 0.371. The molecule has 0 unspecified atom stereocenters. The Morgan fingerprint density at radius 1 is 1.43 bits per heavy atom. The number of halogens is 1. The maximum absolute atomic E-state index is 10.7. The molecule has 1 aromatic rings. The van der Waals surface area contributed by atoms with Gasteiger partial charge in [0.05, 0.1) is 13.3 Å². The Balaban J connectivity index is 2.98. The number of hydrogen-bond acceptors (Lipinski definition) is 2. The highest BCUT2D eigenvalue weighted by Gasteiger charge is 2.14. The van der Waals surface area contributed by atoms with Crippen LogP contribution in [0.15, 0.2) is 22.7 Å². The first kappa shape index (κ1) is 11.7. The van der Waals surface area contributed by atoms with Crippen molar-refractivity contribution in [2.75, 3.05) is 7.11 Å². The molecule has 1 rings (SSSR count). The van der Waals surface area contributed by atoms with Crippen molar-refractivity contribution in [1.82, 2.24) is 0 Å². The van der Waals surface area contributed by atoms with Crippen LogP contribution in [0, 0.1) is 0 Å². The Hall–Kier alpha value is -0.350. The Morgan fingerprint density at radius 2 is 2.07 bits per heavy atom. The summed E-state index contributed by atoms with van der Waals surface area (Å²) in [6, 6.07) is 4.98. The fourth-order valence-electron chi connectivity index (χ4n) is 1.07. The summed E-state index contributed by atoms with van der Waals surface area (Å²) in [5, 5.41) is 0. The first-order chi connectivity index (χ1) is 6.40. The first-order valence-electron chi connectivity index (χ1n) is 3.79. The van der Waals surface area contributed by atoms with Gasteiger partial charge in [-0.05, 0) is 23.8 Å². The Morgan fingerprint density at radius 3 is 2.57 bits per heavy atom. The predicted octanol–water partition coefficient (Wildman–Crippen LogP) is 2.14. The topological polar surface area (TPSA) is 66.8 Å². The number of hydrogen-bond donors (Lipinski definition) is 2. The molecule has 0 heterocycles. The molecule has 0 aliphatic heterocycles. The van der Waals surface area contributed by atoms with E-state index < -0.39 is 7.60 Å². The molecule has 0 aromatic heterocycles. The predicted molar refractivity (Wildman–Crippen MR) is 56.4 cm³/mol. The number of benzene rings is 1. The van der Waals surface area contributed by atoms with Gasteiger partial charge in [0, 0.05) is 4.47 Å². The zero-order valence-electron chi connectivity index (χ0n) is 7.48. The molecule has 0 spiro atoms. The highest BCUT2D eigenvalue weighted by atomic mass is 79.9. The summed E-state index contributed by atoms with van der Waals surface area (Å²) in [6.07, 6.45) is -0.275. The van der Waals surface area contributed by atoms with Crippen LogP contribution in [0.1, 0.15) is 5.56 Å². The molecule has 78 valence electrons. The van der Waals surface area contributed by atoms with Crippen LogP contribution >= 0.6 is 23.5 Å². The third kappa shape index (κ3) is 3.80. The van der Waals surface area contributed by atoms with E-state index in [0.29, 0.717) is 11.3 Å². The molecule has 0 aliphatic carbocycles. The van der Waals surface area contributed by atoms with Gasteiger partial charge in [0.15, 0.2) is 0 Å². The molecular formula is C8H10BrO4P. The van der Waals surface area contributed by atoms with E-state index >= 15 is 0 Å². The molecular weight excluding hydrogens is 271 g/mol. The molecule has 0 fully saturated rings. The van der Waals surface area contributed by atoms with E-state index in [4.69, 9.17) is 14.5 Å². The Bertz CT molecular complexity index is 374. The van der Waals surface area contributed by atoms with Crippen molar-refractivity contribution in [3.05, 3.63) is 28.2 Å². The molecule has 2 N–H and O–H groups in total. The SMILES string of the molecule is COc1cc(Br)cc(CP(=O)(O)O)c1. The van der Waals surface area contributed by atoms with E-state index in [1.54, 1.807) is 18.2 Å². The highest BCUT2D eigenvalue weighted by Crippen LogP contribution is 2.40. The average molecular weight is 281 g/mol. The van der Waals surface area contributed by atoms with Gasteiger partial charge >= 0.3 is 7.60 Å². The van der Waals surface area contributed by atoms with Gasteiger partial charge in [0.25, 0.3) is 0 Å². The second-order valence-corrected chi connectivity index (χ2v) is 5.38. The van der Waals surface area contributed by atoms with Gasteiger partial charge in [-0.2, -0.15) is 0 Å². The summed E-state index contributed by atoms with van der Waals surface area (Å²) in [5.41, 5.74) is 0.546. The Kier molecular flexibility index (Phi) is 3.72. The Labute approximate surface area is 90.2 Å². The van der Waals surface area contributed by atoms with Crippen molar-refractivity contribution in [2.24, 2.45) is 0 Å². The number of rotatable bonds is 3. The van der Waals surface area contributed by atoms with Crippen LogP contribution in [0.5, 0.6) is 5.75 Å². The quantitative estimate of drug-likeness (QED) is 0.833. The second-order valence-electron chi connectivity index (χ2n) is 2.82. The standard InChI is InChI=1S/C8H10BrO4P/c1-13-8-3-6(2-7(9)4-8)5-14(10,11)12/h2-4H,5H2,1H3,(H2,10,11,12). The maximum Gasteiger partial charge on any atom is 0.329 e. The van der Waals surface area contributed by atoms with Gasteiger partial charge in [-0.1, -0.05) is 15.9 Å². The van der Waals surface area contributed by atoms with E-state index in [9.17, 15) is 4.57 Å². The minimum Gasteiger partial charge on any atom is -0.497 e. The zero-order chi connectivity index (χ0) is 10.8. The lowest BCUT2D eigenvalue weighted by atomic mass is 10.2. The van der Waals surface area contributed by atoms with Crippen LogP contribution in [0.2, 0.25) is 0 Å². The zero-order valence-corrected chi connectivity index (χ0v) is 9.96. The van der Waals surface area contributed by atoms with Crippen molar-refractivity contribution < 1.29 is 19.1 Å². The van der Waals surface area contributed by atoms with Gasteiger partial charge < -0.3 is 14.5 Å². The lowest BCUT2D eigenvalue weighted by Gasteiger charge is -2.07. The minimum atomic E-state index is -4.01. The van der Waals surface area contributed by atoms with Gasteiger partial charge in [-0.15, -0.1) is 0 Å². The second kappa shape index (κ2) is 4.45. The minimum absolute atomic E-state index is 0.275. The molecule has 0 aliphatic rings. The van der Waals surface area contributed by atoms with E-state index in [1.807, 2.05) is 0 Å².